The molecule has 2 heterocycles. The number of halogens is 1. The van der Waals surface area contributed by atoms with Crippen LogP contribution in [0.25, 0.3) is 11.3 Å². The van der Waals surface area contributed by atoms with E-state index < -0.39 is 35.3 Å². The van der Waals surface area contributed by atoms with Crippen molar-refractivity contribution in [1.82, 2.24) is 20.4 Å². The summed E-state index contributed by atoms with van der Waals surface area (Å²) in [4.78, 5) is 37.6. The van der Waals surface area contributed by atoms with Gasteiger partial charge in [-0.1, -0.05) is 18.9 Å². The molecule has 2 amide bonds. The molecule has 9 nitrogen and oxygen atoms in total. The topological polar surface area (TPSA) is 147 Å². The van der Waals surface area contributed by atoms with E-state index in [1.54, 1.807) is 12.1 Å². The van der Waals surface area contributed by atoms with Crippen LogP contribution in [0.2, 0.25) is 0 Å². The Morgan fingerprint density at radius 1 is 1.12 bits per heavy atom. The number of H-pyrrole nitrogens is 2. The van der Waals surface area contributed by atoms with Crippen LogP contribution >= 0.6 is 0 Å². The highest BCUT2D eigenvalue weighted by atomic mass is 19.1. The van der Waals surface area contributed by atoms with Gasteiger partial charge in [0.05, 0.1) is 23.1 Å². The fourth-order valence-corrected chi connectivity index (χ4v) is 4.19. The molecule has 166 valence electrons. The number of nitrogens with zero attached hydrogens (tertiary/aromatic N) is 2. The Labute approximate surface area is 183 Å². The molecule has 32 heavy (non-hydrogen) atoms. The first-order valence-corrected chi connectivity index (χ1v) is 10.4. The third-order valence-corrected chi connectivity index (χ3v) is 5.82. The van der Waals surface area contributed by atoms with Crippen molar-refractivity contribution < 1.29 is 18.8 Å². The lowest BCUT2D eigenvalue weighted by molar-refractivity contribution is -0.122. The van der Waals surface area contributed by atoms with Crippen molar-refractivity contribution >= 4 is 23.3 Å². The van der Waals surface area contributed by atoms with Crippen molar-refractivity contribution in [1.29, 1.82) is 0 Å². The van der Waals surface area contributed by atoms with Gasteiger partial charge in [-0.3, -0.25) is 24.6 Å². The minimum Gasteiger partial charge on any atom is -0.364 e. The van der Waals surface area contributed by atoms with Crippen LogP contribution in [0.15, 0.2) is 30.5 Å². The van der Waals surface area contributed by atoms with Gasteiger partial charge in [-0.05, 0) is 38.0 Å². The fraction of sp³-hybridized carbons (Fsp3) is 0.318. The second-order valence-electron chi connectivity index (χ2n) is 8.00. The van der Waals surface area contributed by atoms with Crippen LogP contribution in [-0.2, 0) is 4.79 Å². The van der Waals surface area contributed by atoms with Gasteiger partial charge in [0.1, 0.15) is 11.5 Å². The van der Waals surface area contributed by atoms with Gasteiger partial charge in [-0.25, -0.2) is 4.39 Å². The highest BCUT2D eigenvalue weighted by Gasteiger charge is 2.37. The largest absolute Gasteiger partial charge is 0.364 e. The summed E-state index contributed by atoms with van der Waals surface area (Å²) in [7, 11) is 0. The molecule has 0 bridgehead atoms. The first-order valence-electron chi connectivity index (χ1n) is 10.4. The number of aromatic nitrogens is 4. The Morgan fingerprint density at radius 2 is 1.88 bits per heavy atom. The van der Waals surface area contributed by atoms with Gasteiger partial charge in [0.15, 0.2) is 5.78 Å². The van der Waals surface area contributed by atoms with E-state index in [1.165, 1.54) is 18.3 Å². The monoisotopic (exact) mass is 438 g/mol. The van der Waals surface area contributed by atoms with Crippen molar-refractivity contribution in [2.24, 2.45) is 17.6 Å². The maximum Gasteiger partial charge on any atom is 0.268 e. The molecule has 2 aromatic heterocycles. The summed E-state index contributed by atoms with van der Waals surface area (Å²) in [6.45, 7) is 1.84. The predicted molar refractivity (Wildman–Crippen MR) is 114 cm³/mol. The Hall–Kier alpha value is -3.82. The minimum atomic E-state index is -0.761. The lowest BCUT2D eigenvalue weighted by Crippen LogP contribution is -2.36. The van der Waals surface area contributed by atoms with Crippen LogP contribution in [0.5, 0.6) is 0 Å². The summed E-state index contributed by atoms with van der Waals surface area (Å²) in [6, 6.07) is 6.16. The molecule has 0 radical (unpaired) electrons. The zero-order chi connectivity index (χ0) is 22.8. The molecule has 0 aliphatic heterocycles. The van der Waals surface area contributed by atoms with Crippen LogP contribution in [0.3, 0.4) is 0 Å². The maximum atomic E-state index is 14.9. The molecule has 2 atom stereocenters. The number of hydrogen-bond acceptors (Lipinski definition) is 5. The SMILES string of the molecule is Cc1cc(-c2ccc(C(=O)C3CCCCC3C(=O)Nc3cn[nH]c3C(N)=O)c(F)c2)n[nH]1. The van der Waals surface area contributed by atoms with E-state index in [0.29, 0.717) is 24.1 Å². The zero-order valence-corrected chi connectivity index (χ0v) is 17.4. The number of carbonyl (C=O) groups is 3. The third kappa shape index (κ3) is 4.16. The van der Waals surface area contributed by atoms with Gasteiger partial charge >= 0.3 is 0 Å². The molecule has 2 unspecified atom stereocenters. The van der Waals surface area contributed by atoms with Crippen molar-refractivity contribution in [2.75, 3.05) is 5.32 Å². The predicted octanol–water partition coefficient (Wildman–Crippen LogP) is 2.97. The van der Waals surface area contributed by atoms with E-state index in [9.17, 15) is 18.8 Å². The van der Waals surface area contributed by atoms with E-state index in [2.05, 4.69) is 25.7 Å². The quantitative estimate of drug-likeness (QED) is 0.437. The molecule has 0 saturated heterocycles. The lowest BCUT2D eigenvalue weighted by Gasteiger charge is -2.29. The van der Waals surface area contributed by atoms with Crippen molar-refractivity contribution in [3.05, 3.63) is 53.2 Å². The van der Waals surface area contributed by atoms with E-state index >= 15 is 0 Å². The van der Waals surface area contributed by atoms with Gasteiger partial charge in [0.25, 0.3) is 5.91 Å². The fourth-order valence-electron chi connectivity index (χ4n) is 4.19. The molecule has 5 N–H and O–H groups in total. The smallest absolute Gasteiger partial charge is 0.268 e. The number of anilines is 1. The number of amides is 2. The van der Waals surface area contributed by atoms with Crippen LogP contribution in [0, 0.1) is 24.6 Å². The van der Waals surface area contributed by atoms with Gasteiger partial charge in [-0.2, -0.15) is 10.2 Å². The highest BCUT2D eigenvalue weighted by molar-refractivity contribution is 6.05. The molecule has 1 aliphatic carbocycles. The number of carbonyl (C=O) groups excluding carboxylic acids is 3. The number of hydrogen-bond donors (Lipinski definition) is 4. The first-order chi connectivity index (χ1) is 15.3. The number of nitrogens with one attached hydrogen (secondary N) is 3. The Morgan fingerprint density at radius 3 is 2.53 bits per heavy atom. The molecular weight excluding hydrogens is 415 g/mol. The molecule has 0 spiro atoms. The van der Waals surface area contributed by atoms with Gasteiger partial charge in [0, 0.05) is 23.1 Å². The second-order valence-corrected chi connectivity index (χ2v) is 8.00. The molecule has 1 aromatic carbocycles. The van der Waals surface area contributed by atoms with Crippen LogP contribution in [0.1, 0.15) is 52.2 Å². The molecule has 1 fully saturated rings. The van der Waals surface area contributed by atoms with Gasteiger partial charge in [0.2, 0.25) is 5.91 Å². The van der Waals surface area contributed by atoms with Crippen molar-refractivity contribution in [2.45, 2.75) is 32.6 Å². The summed E-state index contributed by atoms with van der Waals surface area (Å²) < 4.78 is 14.9. The van der Waals surface area contributed by atoms with Crippen LogP contribution in [-0.4, -0.2) is 38.0 Å². The summed E-state index contributed by atoms with van der Waals surface area (Å²) in [5.41, 5.74) is 7.34. The van der Waals surface area contributed by atoms with E-state index in [-0.39, 0.29) is 16.9 Å². The Balaban J connectivity index is 1.55. The molecule has 1 saturated carbocycles. The molecule has 10 heteroatoms. The van der Waals surface area contributed by atoms with E-state index in [4.69, 9.17) is 5.73 Å². The highest BCUT2D eigenvalue weighted by Crippen LogP contribution is 2.35. The normalized spacial score (nSPS) is 18.3. The maximum absolute atomic E-state index is 14.9. The second kappa shape index (κ2) is 8.74. The summed E-state index contributed by atoms with van der Waals surface area (Å²) in [5.74, 6) is -3.56. The number of ketones is 1. The Kier molecular flexibility index (Phi) is 5.85. The molecule has 3 aromatic rings. The minimum absolute atomic E-state index is 0.0210. The standard InChI is InChI=1S/C22H23FN6O3/c1-11-8-17(28-27-11)12-6-7-15(16(23)9-12)20(30)13-4-2-3-5-14(13)22(32)26-18-10-25-29-19(18)21(24)31/h6-10,13-14H,2-5H2,1H3,(H2,24,31)(H,25,29)(H,26,32)(H,27,28). The lowest BCUT2D eigenvalue weighted by atomic mass is 9.74. The number of benzene rings is 1. The zero-order valence-electron chi connectivity index (χ0n) is 17.4. The Bertz CT molecular complexity index is 1180. The number of Topliss-reactive ketones (excluding diaryl/α,β-unsaturated/α-hetero) is 1. The number of primary amides is 1. The summed E-state index contributed by atoms with van der Waals surface area (Å²) in [6.07, 6.45) is 3.79. The molecule has 4 rings (SSSR count). The van der Waals surface area contributed by atoms with Crippen LogP contribution in [0.4, 0.5) is 10.1 Å². The number of rotatable bonds is 6. The number of nitrogens with two attached hydrogens (primary N) is 1. The van der Waals surface area contributed by atoms with Crippen LogP contribution < -0.4 is 11.1 Å². The summed E-state index contributed by atoms with van der Waals surface area (Å²) >= 11 is 0. The third-order valence-electron chi connectivity index (χ3n) is 5.82. The van der Waals surface area contributed by atoms with E-state index in [1.807, 2.05) is 6.92 Å². The van der Waals surface area contributed by atoms with Gasteiger partial charge in [-0.15, -0.1) is 0 Å². The molecule has 1 aliphatic rings. The molecular formula is C22H23FN6O3. The van der Waals surface area contributed by atoms with Crippen molar-refractivity contribution in [3.63, 3.8) is 0 Å². The average molecular weight is 438 g/mol. The number of aryl methyl sites for hydroxylation is 1. The number of aromatic amines is 2. The van der Waals surface area contributed by atoms with E-state index in [0.717, 1.165) is 18.5 Å². The average Bonchev–Trinajstić information content (AvgIpc) is 3.42. The first kappa shape index (κ1) is 21.4. The van der Waals surface area contributed by atoms with Crippen molar-refractivity contribution in [3.8, 4) is 11.3 Å². The van der Waals surface area contributed by atoms with Gasteiger partial charge < -0.3 is 11.1 Å². The summed E-state index contributed by atoms with van der Waals surface area (Å²) in [5, 5.41) is 15.7.